The third-order valence-electron chi connectivity index (χ3n) is 2.97. The Bertz CT molecular complexity index is 626. The third kappa shape index (κ3) is 3.84. The summed E-state index contributed by atoms with van der Waals surface area (Å²) >= 11 is 3.44. The van der Waals surface area contributed by atoms with Gasteiger partial charge in [0.15, 0.2) is 0 Å². The largest absolute Gasteiger partial charge is 0.375 e. The van der Waals surface area contributed by atoms with Crippen LogP contribution in [0.4, 0.5) is 11.4 Å². The molecule has 0 bridgehead atoms. The molecule has 2 rings (SSSR count). The molecule has 0 fully saturated rings. The number of hydrogen-bond acceptors (Lipinski definition) is 2. The van der Waals surface area contributed by atoms with Crippen LogP contribution in [0.5, 0.6) is 0 Å². The topological polar surface area (TPSA) is 41.1 Å². The minimum atomic E-state index is -0.0623. The monoisotopic (exact) mass is 332 g/mol. The number of carbonyl (C=O) groups is 1. The van der Waals surface area contributed by atoms with E-state index in [0.717, 1.165) is 21.4 Å². The van der Waals surface area contributed by atoms with E-state index in [1.807, 2.05) is 50.2 Å². The minimum absolute atomic E-state index is 0.0623. The lowest BCUT2D eigenvalue weighted by atomic mass is 10.1. The zero-order valence-corrected chi connectivity index (χ0v) is 13.1. The molecule has 0 saturated carbocycles. The van der Waals surface area contributed by atoms with Crippen LogP contribution >= 0.6 is 15.9 Å². The van der Waals surface area contributed by atoms with E-state index >= 15 is 0 Å². The van der Waals surface area contributed by atoms with Gasteiger partial charge in [-0.25, -0.2) is 0 Å². The molecule has 2 N–H and O–H groups in total. The van der Waals surface area contributed by atoms with Crippen molar-refractivity contribution in [3.8, 4) is 0 Å². The van der Waals surface area contributed by atoms with Crippen molar-refractivity contribution in [1.29, 1.82) is 0 Å². The van der Waals surface area contributed by atoms with Crippen LogP contribution in [0.25, 0.3) is 0 Å². The van der Waals surface area contributed by atoms with Crippen LogP contribution in [0.2, 0.25) is 0 Å². The summed E-state index contributed by atoms with van der Waals surface area (Å²) in [7, 11) is 0. The van der Waals surface area contributed by atoms with Crippen molar-refractivity contribution in [3.63, 3.8) is 0 Å². The molecule has 20 heavy (non-hydrogen) atoms. The van der Waals surface area contributed by atoms with Gasteiger partial charge in [-0.3, -0.25) is 4.79 Å². The Morgan fingerprint density at radius 1 is 1.10 bits per heavy atom. The Morgan fingerprint density at radius 2 is 1.85 bits per heavy atom. The number of para-hydroxylation sites is 1. The lowest BCUT2D eigenvalue weighted by Gasteiger charge is -2.11. The van der Waals surface area contributed by atoms with Gasteiger partial charge >= 0.3 is 0 Å². The maximum absolute atomic E-state index is 11.9. The van der Waals surface area contributed by atoms with Crippen molar-refractivity contribution in [1.82, 2.24) is 0 Å². The highest BCUT2D eigenvalue weighted by atomic mass is 79.9. The van der Waals surface area contributed by atoms with Gasteiger partial charge in [-0.15, -0.1) is 0 Å². The van der Waals surface area contributed by atoms with Crippen molar-refractivity contribution in [2.24, 2.45) is 0 Å². The summed E-state index contributed by atoms with van der Waals surface area (Å²) in [6.07, 6.45) is 0. The first-order valence-electron chi connectivity index (χ1n) is 6.42. The lowest BCUT2D eigenvalue weighted by molar-refractivity contribution is -0.114. The van der Waals surface area contributed by atoms with Crippen molar-refractivity contribution < 1.29 is 4.79 Å². The fraction of sp³-hybridized carbons (Fsp3) is 0.188. The number of halogens is 1. The predicted octanol–water partition coefficient (Wildman–Crippen LogP) is 4.12. The van der Waals surface area contributed by atoms with Crippen LogP contribution in [0, 0.1) is 13.8 Å². The molecule has 0 aromatic heterocycles. The predicted molar refractivity (Wildman–Crippen MR) is 87.2 cm³/mol. The molecular formula is C16H17BrN2O. The highest BCUT2D eigenvalue weighted by Gasteiger charge is 2.05. The van der Waals surface area contributed by atoms with Crippen LogP contribution in [0.3, 0.4) is 0 Å². The Kier molecular flexibility index (Phi) is 4.79. The third-order valence-corrected chi connectivity index (χ3v) is 3.66. The quantitative estimate of drug-likeness (QED) is 0.884. The Morgan fingerprint density at radius 3 is 2.55 bits per heavy atom. The standard InChI is InChI=1S/C16H17BrN2O/c1-11-7-8-14(12(2)9-11)19-16(20)10-18-15-6-4-3-5-13(15)17/h3-9,18H,10H2,1-2H3,(H,19,20). The van der Waals surface area contributed by atoms with Crippen LogP contribution < -0.4 is 10.6 Å². The van der Waals surface area contributed by atoms with Gasteiger partial charge in [-0.05, 0) is 53.5 Å². The average molecular weight is 333 g/mol. The van der Waals surface area contributed by atoms with Crippen LogP contribution in [-0.4, -0.2) is 12.5 Å². The number of anilines is 2. The van der Waals surface area contributed by atoms with Crippen molar-refractivity contribution >= 4 is 33.2 Å². The molecule has 0 aliphatic rings. The highest BCUT2D eigenvalue weighted by molar-refractivity contribution is 9.10. The molecular weight excluding hydrogens is 316 g/mol. The van der Waals surface area contributed by atoms with E-state index in [0.29, 0.717) is 0 Å². The molecule has 2 aromatic carbocycles. The Hall–Kier alpha value is -1.81. The number of amides is 1. The molecule has 0 aliphatic carbocycles. The molecule has 2 aromatic rings. The lowest BCUT2D eigenvalue weighted by Crippen LogP contribution is -2.22. The molecule has 104 valence electrons. The average Bonchev–Trinajstić information content (AvgIpc) is 2.41. The van der Waals surface area contributed by atoms with Gasteiger partial charge in [0.2, 0.25) is 5.91 Å². The fourth-order valence-corrected chi connectivity index (χ4v) is 2.35. The maximum atomic E-state index is 11.9. The van der Waals surface area contributed by atoms with Crippen LogP contribution in [0.1, 0.15) is 11.1 Å². The summed E-state index contributed by atoms with van der Waals surface area (Å²) in [5, 5.41) is 6.02. The van der Waals surface area contributed by atoms with Gasteiger partial charge in [-0.2, -0.15) is 0 Å². The van der Waals surface area contributed by atoms with E-state index in [1.54, 1.807) is 0 Å². The smallest absolute Gasteiger partial charge is 0.243 e. The Labute approximate surface area is 127 Å². The Balaban J connectivity index is 1.94. The molecule has 0 heterocycles. The first kappa shape index (κ1) is 14.6. The second kappa shape index (κ2) is 6.57. The van der Waals surface area contributed by atoms with Gasteiger partial charge < -0.3 is 10.6 Å². The molecule has 4 heteroatoms. The molecule has 0 unspecified atom stereocenters. The summed E-state index contributed by atoms with van der Waals surface area (Å²) in [5.74, 6) is -0.0623. The van der Waals surface area contributed by atoms with Crippen LogP contribution in [-0.2, 0) is 4.79 Å². The summed E-state index contributed by atoms with van der Waals surface area (Å²) < 4.78 is 0.944. The van der Waals surface area contributed by atoms with Crippen molar-refractivity contribution in [2.75, 3.05) is 17.2 Å². The zero-order chi connectivity index (χ0) is 14.5. The van der Waals surface area contributed by atoms with E-state index in [-0.39, 0.29) is 12.5 Å². The van der Waals surface area contributed by atoms with E-state index in [1.165, 1.54) is 5.56 Å². The van der Waals surface area contributed by atoms with Gasteiger partial charge in [0.25, 0.3) is 0 Å². The number of aryl methyl sites for hydroxylation is 2. The molecule has 3 nitrogen and oxygen atoms in total. The van der Waals surface area contributed by atoms with E-state index in [2.05, 4.69) is 32.6 Å². The second-order valence-electron chi connectivity index (χ2n) is 4.70. The van der Waals surface area contributed by atoms with Crippen molar-refractivity contribution in [2.45, 2.75) is 13.8 Å². The molecule has 1 amide bonds. The van der Waals surface area contributed by atoms with Crippen molar-refractivity contribution in [3.05, 3.63) is 58.1 Å². The summed E-state index contributed by atoms with van der Waals surface area (Å²) in [5.41, 5.74) is 4.02. The number of carbonyl (C=O) groups excluding carboxylic acids is 1. The van der Waals surface area contributed by atoms with Gasteiger partial charge in [0.05, 0.1) is 6.54 Å². The summed E-state index contributed by atoms with van der Waals surface area (Å²) in [6.45, 7) is 4.26. The second-order valence-corrected chi connectivity index (χ2v) is 5.55. The first-order valence-corrected chi connectivity index (χ1v) is 7.21. The molecule has 0 saturated heterocycles. The van der Waals surface area contributed by atoms with Crippen LogP contribution in [0.15, 0.2) is 46.9 Å². The molecule has 0 spiro atoms. The summed E-state index contributed by atoms with van der Waals surface area (Å²) in [4.78, 5) is 11.9. The van der Waals surface area contributed by atoms with E-state index in [4.69, 9.17) is 0 Å². The molecule has 0 atom stereocenters. The van der Waals surface area contributed by atoms with Gasteiger partial charge in [0.1, 0.15) is 0 Å². The molecule has 0 aliphatic heterocycles. The first-order chi connectivity index (χ1) is 9.56. The normalized spacial score (nSPS) is 10.2. The van der Waals surface area contributed by atoms with E-state index in [9.17, 15) is 4.79 Å². The molecule has 0 radical (unpaired) electrons. The number of rotatable bonds is 4. The highest BCUT2D eigenvalue weighted by Crippen LogP contribution is 2.21. The van der Waals surface area contributed by atoms with E-state index < -0.39 is 0 Å². The van der Waals surface area contributed by atoms with Gasteiger partial charge in [-0.1, -0.05) is 29.8 Å². The summed E-state index contributed by atoms with van der Waals surface area (Å²) in [6, 6.07) is 13.7. The zero-order valence-electron chi connectivity index (χ0n) is 11.5. The maximum Gasteiger partial charge on any atom is 0.243 e. The SMILES string of the molecule is Cc1ccc(NC(=O)CNc2ccccc2Br)c(C)c1. The number of hydrogen-bond donors (Lipinski definition) is 2. The minimum Gasteiger partial charge on any atom is -0.375 e. The van der Waals surface area contributed by atoms with Gasteiger partial charge in [0, 0.05) is 15.8 Å². The fourth-order valence-electron chi connectivity index (χ4n) is 1.93. The number of benzene rings is 2. The number of nitrogens with one attached hydrogen (secondary N) is 2.